The number of nitrogens with one attached hydrogen (secondary N) is 1. The van der Waals surface area contributed by atoms with Crippen LogP contribution in [0, 0.1) is 11.8 Å². The molecule has 2 heterocycles. The highest BCUT2D eigenvalue weighted by Crippen LogP contribution is 2.34. The Labute approximate surface area is 78.5 Å². The highest BCUT2D eigenvalue weighted by Gasteiger charge is 2.41. The van der Waals surface area contributed by atoms with E-state index in [1.807, 2.05) is 0 Å². The summed E-state index contributed by atoms with van der Waals surface area (Å²) in [5.74, 6) is 1.58. The fourth-order valence-corrected chi connectivity index (χ4v) is 2.62. The van der Waals surface area contributed by atoms with E-state index in [-0.39, 0.29) is 0 Å². The summed E-state index contributed by atoms with van der Waals surface area (Å²) in [6.07, 6.45) is 3.54. The summed E-state index contributed by atoms with van der Waals surface area (Å²) in [5.41, 5.74) is 0. The monoisotopic (exact) mass is 180 g/mol. The van der Waals surface area contributed by atoms with Crippen molar-refractivity contribution in [1.82, 2.24) is 10.2 Å². The van der Waals surface area contributed by atoms with Gasteiger partial charge in [-0.1, -0.05) is 0 Å². The van der Waals surface area contributed by atoms with Gasteiger partial charge in [0.2, 0.25) is 5.91 Å². The van der Waals surface area contributed by atoms with Crippen LogP contribution in [0.25, 0.3) is 0 Å². The first-order valence-electron chi connectivity index (χ1n) is 5.37. The fraction of sp³-hybridized carbons (Fsp3) is 0.900. The molecule has 0 aromatic carbocycles. The number of fused-ring (bicyclic) bond motifs is 1. The molecule has 2 aliphatic heterocycles. The number of nitrogens with zero attached hydrogens (tertiary/aromatic N) is 1. The molecule has 0 spiro atoms. The van der Waals surface area contributed by atoms with Gasteiger partial charge in [0.15, 0.2) is 0 Å². The predicted octanol–water partition coefficient (Wildman–Crippen LogP) is 0.217. The van der Waals surface area contributed by atoms with E-state index in [0.29, 0.717) is 17.9 Å². The number of carbonyl (C=O) groups excluding carboxylic acids is 1. The van der Waals surface area contributed by atoms with E-state index >= 15 is 0 Å². The molecule has 0 bridgehead atoms. The fourth-order valence-electron chi connectivity index (χ4n) is 2.62. The van der Waals surface area contributed by atoms with Crippen LogP contribution in [-0.4, -0.2) is 36.5 Å². The Kier molecular flexibility index (Phi) is 1.62. The molecule has 3 fully saturated rings. The van der Waals surface area contributed by atoms with Crippen molar-refractivity contribution in [2.24, 2.45) is 11.8 Å². The molecular formula is C10H16N2O. The van der Waals surface area contributed by atoms with Gasteiger partial charge >= 0.3 is 0 Å². The zero-order valence-corrected chi connectivity index (χ0v) is 7.83. The molecular weight excluding hydrogens is 164 g/mol. The third-order valence-corrected chi connectivity index (χ3v) is 3.60. The first-order chi connectivity index (χ1) is 6.34. The van der Waals surface area contributed by atoms with Crippen molar-refractivity contribution in [3.63, 3.8) is 0 Å². The van der Waals surface area contributed by atoms with E-state index in [1.54, 1.807) is 0 Å². The SMILES string of the molecule is O=C(C1CC1)N1C[C@H]2CCN[C@H]2C1. The quantitative estimate of drug-likeness (QED) is 0.626. The van der Waals surface area contributed by atoms with Crippen LogP contribution in [-0.2, 0) is 4.79 Å². The maximum absolute atomic E-state index is 11.7. The molecule has 72 valence electrons. The summed E-state index contributed by atoms with van der Waals surface area (Å²) >= 11 is 0. The number of hydrogen-bond donors (Lipinski definition) is 1. The number of amides is 1. The maximum atomic E-state index is 11.7. The highest BCUT2D eigenvalue weighted by molar-refractivity contribution is 5.81. The maximum Gasteiger partial charge on any atom is 0.225 e. The van der Waals surface area contributed by atoms with Crippen LogP contribution >= 0.6 is 0 Å². The average Bonchev–Trinajstić information content (AvgIpc) is 2.73. The number of carbonyl (C=O) groups is 1. The topological polar surface area (TPSA) is 32.3 Å². The Hall–Kier alpha value is -0.570. The molecule has 1 amide bonds. The third-order valence-electron chi connectivity index (χ3n) is 3.60. The number of likely N-dealkylation sites (tertiary alicyclic amines) is 1. The van der Waals surface area contributed by atoms with Crippen molar-refractivity contribution in [3.8, 4) is 0 Å². The van der Waals surface area contributed by atoms with Crippen LogP contribution in [0.15, 0.2) is 0 Å². The molecule has 0 radical (unpaired) electrons. The average molecular weight is 180 g/mol. The first kappa shape index (κ1) is 7.80. The lowest BCUT2D eigenvalue weighted by molar-refractivity contribution is -0.131. The van der Waals surface area contributed by atoms with Gasteiger partial charge in [0, 0.05) is 25.0 Å². The molecule has 1 saturated carbocycles. The summed E-state index contributed by atoms with van der Waals surface area (Å²) in [4.78, 5) is 13.8. The molecule has 0 unspecified atom stereocenters. The summed E-state index contributed by atoms with van der Waals surface area (Å²) in [5, 5.41) is 3.47. The van der Waals surface area contributed by atoms with Crippen molar-refractivity contribution in [1.29, 1.82) is 0 Å². The van der Waals surface area contributed by atoms with E-state index in [9.17, 15) is 4.79 Å². The molecule has 2 atom stereocenters. The molecule has 1 aliphatic carbocycles. The first-order valence-corrected chi connectivity index (χ1v) is 5.37. The molecule has 0 aromatic heterocycles. The second kappa shape index (κ2) is 2.71. The zero-order chi connectivity index (χ0) is 8.84. The minimum absolute atomic E-state index is 0.402. The minimum atomic E-state index is 0.402. The highest BCUT2D eigenvalue weighted by atomic mass is 16.2. The molecule has 3 nitrogen and oxygen atoms in total. The third kappa shape index (κ3) is 1.26. The van der Waals surface area contributed by atoms with Crippen LogP contribution < -0.4 is 5.32 Å². The Morgan fingerprint density at radius 2 is 2.08 bits per heavy atom. The van der Waals surface area contributed by atoms with Crippen molar-refractivity contribution >= 4 is 5.91 Å². The minimum Gasteiger partial charge on any atom is -0.341 e. The largest absolute Gasteiger partial charge is 0.341 e. The summed E-state index contributed by atoms with van der Waals surface area (Å²) in [6.45, 7) is 3.15. The van der Waals surface area contributed by atoms with Gasteiger partial charge in [-0.3, -0.25) is 4.79 Å². The zero-order valence-electron chi connectivity index (χ0n) is 7.83. The van der Waals surface area contributed by atoms with E-state index in [4.69, 9.17) is 0 Å². The van der Waals surface area contributed by atoms with Gasteiger partial charge in [0.25, 0.3) is 0 Å². The molecule has 3 heteroatoms. The van der Waals surface area contributed by atoms with Gasteiger partial charge in [-0.05, 0) is 31.7 Å². The van der Waals surface area contributed by atoms with E-state index in [2.05, 4.69) is 10.2 Å². The molecule has 3 rings (SSSR count). The molecule has 0 aromatic rings. The van der Waals surface area contributed by atoms with Crippen LogP contribution in [0.4, 0.5) is 0 Å². The smallest absolute Gasteiger partial charge is 0.225 e. The van der Waals surface area contributed by atoms with Gasteiger partial charge in [0.1, 0.15) is 0 Å². The predicted molar refractivity (Wildman–Crippen MR) is 49.2 cm³/mol. The van der Waals surface area contributed by atoms with Crippen LogP contribution in [0.2, 0.25) is 0 Å². The second-order valence-corrected chi connectivity index (χ2v) is 4.63. The van der Waals surface area contributed by atoms with Crippen molar-refractivity contribution in [2.45, 2.75) is 25.3 Å². The lowest BCUT2D eigenvalue weighted by Gasteiger charge is -2.16. The van der Waals surface area contributed by atoms with Crippen molar-refractivity contribution < 1.29 is 4.79 Å². The molecule has 3 aliphatic rings. The lowest BCUT2D eigenvalue weighted by atomic mass is 10.1. The molecule has 1 N–H and O–H groups in total. The van der Waals surface area contributed by atoms with Gasteiger partial charge < -0.3 is 10.2 Å². The van der Waals surface area contributed by atoms with Crippen LogP contribution in [0.1, 0.15) is 19.3 Å². The summed E-state index contributed by atoms with van der Waals surface area (Å²) in [7, 11) is 0. The van der Waals surface area contributed by atoms with Crippen LogP contribution in [0.3, 0.4) is 0 Å². The number of hydrogen-bond acceptors (Lipinski definition) is 2. The summed E-state index contributed by atoms with van der Waals surface area (Å²) in [6, 6.07) is 0.614. The lowest BCUT2D eigenvalue weighted by Crippen LogP contribution is -2.34. The van der Waals surface area contributed by atoms with Crippen molar-refractivity contribution in [3.05, 3.63) is 0 Å². The number of rotatable bonds is 1. The second-order valence-electron chi connectivity index (χ2n) is 4.63. The molecule has 13 heavy (non-hydrogen) atoms. The van der Waals surface area contributed by atoms with E-state index < -0.39 is 0 Å². The van der Waals surface area contributed by atoms with E-state index in [0.717, 1.165) is 38.4 Å². The van der Waals surface area contributed by atoms with E-state index in [1.165, 1.54) is 6.42 Å². The molecule has 2 saturated heterocycles. The van der Waals surface area contributed by atoms with Crippen LogP contribution in [0.5, 0.6) is 0 Å². The van der Waals surface area contributed by atoms with Gasteiger partial charge in [0.05, 0.1) is 0 Å². The normalized spacial score (nSPS) is 38.0. The van der Waals surface area contributed by atoms with Gasteiger partial charge in [-0.15, -0.1) is 0 Å². The Bertz CT molecular complexity index is 225. The van der Waals surface area contributed by atoms with Gasteiger partial charge in [-0.2, -0.15) is 0 Å². The Balaban J connectivity index is 1.65. The summed E-state index contributed by atoms with van der Waals surface area (Å²) < 4.78 is 0. The Morgan fingerprint density at radius 3 is 2.77 bits per heavy atom. The standard InChI is InChI=1S/C10H16N2O/c13-10(7-1-2-7)12-5-8-3-4-11-9(8)6-12/h7-9,11H,1-6H2/t8-,9+/m1/s1. The van der Waals surface area contributed by atoms with Gasteiger partial charge in [-0.25, -0.2) is 0 Å². The van der Waals surface area contributed by atoms with Crippen molar-refractivity contribution in [2.75, 3.05) is 19.6 Å². The Morgan fingerprint density at radius 1 is 1.23 bits per heavy atom.